The van der Waals surface area contributed by atoms with E-state index in [1.807, 2.05) is 25.2 Å². The topological polar surface area (TPSA) is 56.7 Å². The molecule has 1 atom stereocenters. The predicted octanol–water partition coefficient (Wildman–Crippen LogP) is 2.53. The van der Waals surface area contributed by atoms with E-state index in [2.05, 4.69) is 40.4 Å². The van der Waals surface area contributed by atoms with Crippen LogP contribution in [0.5, 0.6) is 0 Å². The third kappa shape index (κ3) is 5.76. The van der Waals surface area contributed by atoms with E-state index in [-0.39, 0.29) is 5.91 Å². The van der Waals surface area contributed by atoms with Gasteiger partial charge in [-0.05, 0) is 48.8 Å². The summed E-state index contributed by atoms with van der Waals surface area (Å²) in [5, 5.41) is 6.14. The zero-order valence-corrected chi connectivity index (χ0v) is 16.0. The lowest BCUT2D eigenvalue weighted by molar-refractivity contribution is 0.0963. The maximum absolute atomic E-state index is 11.7. The van der Waals surface area contributed by atoms with Crippen LogP contribution in [-0.2, 0) is 6.42 Å². The Morgan fingerprint density at radius 3 is 2.88 bits per heavy atom. The second-order valence-corrected chi connectivity index (χ2v) is 7.23. The molecule has 25 heavy (non-hydrogen) atoms. The molecule has 1 saturated heterocycles. The third-order valence-electron chi connectivity index (χ3n) is 4.71. The van der Waals surface area contributed by atoms with Crippen molar-refractivity contribution in [3.63, 3.8) is 0 Å². The van der Waals surface area contributed by atoms with E-state index in [9.17, 15) is 4.79 Å². The van der Waals surface area contributed by atoms with Gasteiger partial charge in [0.2, 0.25) is 0 Å². The summed E-state index contributed by atoms with van der Waals surface area (Å²) in [5.41, 5.74) is 1.86. The average molecular weight is 345 g/mol. The number of rotatable bonds is 6. The number of amides is 1. The first-order valence-corrected chi connectivity index (χ1v) is 9.30. The van der Waals surface area contributed by atoms with Crippen LogP contribution >= 0.6 is 0 Å². The van der Waals surface area contributed by atoms with Gasteiger partial charge in [0, 0.05) is 39.3 Å². The monoisotopic (exact) mass is 344 g/mol. The number of carbonyl (C=O) groups excluding carboxylic acids is 1. The van der Waals surface area contributed by atoms with Gasteiger partial charge >= 0.3 is 0 Å². The number of nitrogens with zero attached hydrogens (tertiary/aromatic N) is 2. The van der Waals surface area contributed by atoms with Gasteiger partial charge in [-0.25, -0.2) is 0 Å². The van der Waals surface area contributed by atoms with Crippen LogP contribution in [0.4, 0.5) is 0 Å². The lowest BCUT2D eigenvalue weighted by atomic mass is 9.97. The van der Waals surface area contributed by atoms with E-state index in [0.29, 0.717) is 5.56 Å². The molecule has 1 aromatic rings. The summed E-state index contributed by atoms with van der Waals surface area (Å²) in [6.07, 6.45) is 3.42. The van der Waals surface area contributed by atoms with Crippen molar-refractivity contribution in [3.8, 4) is 0 Å². The van der Waals surface area contributed by atoms with Gasteiger partial charge in [0.05, 0.1) is 0 Å². The molecule has 0 saturated carbocycles. The number of likely N-dealkylation sites (tertiary alicyclic amines) is 1. The van der Waals surface area contributed by atoms with Crippen molar-refractivity contribution in [2.24, 2.45) is 16.8 Å². The summed E-state index contributed by atoms with van der Waals surface area (Å²) in [4.78, 5) is 18.5. The van der Waals surface area contributed by atoms with Crippen LogP contribution in [0, 0.1) is 11.8 Å². The Hall–Kier alpha value is -2.04. The van der Waals surface area contributed by atoms with E-state index in [1.54, 1.807) is 7.05 Å². The Morgan fingerprint density at radius 1 is 1.40 bits per heavy atom. The Balaban J connectivity index is 1.83. The fourth-order valence-corrected chi connectivity index (χ4v) is 3.55. The van der Waals surface area contributed by atoms with Crippen molar-refractivity contribution in [2.45, 2.75) is 33.1 Å². The predicted molar refractivity (Wildman–Crippen MR) is 104 cm³/mol. The standard InChI is InChI=1S/C20H32N4O/c1-15(2)12-17-9-11-24(14-17)20(22-4)23-10-8-16-6-5-7-18(13-16)19(25)21-3/h5-7,13,15,17H,8-12,14H2,1-4H3,(H,21,25)(H,22,23). The summed E-state index contributed by atoms with van der Waals surface area (Å²) in [6, 6.07) is 7.79. The molecule has 0 radical (unpaired) electrons. The maximum atomic E-state index is 11.7. The number of carbonyl (C=O) groups is 1. The molecule has 0 aromatic heterocycles. The van der Waals surface area contributed by atoms with E-state index < -0.39 is 0 Å². The summed E-state index contributed by atoms with van der Waals surface area (Å²) >= 11 is 0. The molecule has 2 N–H and O–H groups in total. The van der Waals surface area contributed by atoms with Crippen molar-refractivity contribution < 1.29 is 4.79 Å². The molecule has 1 aliphatic rings. The Morgan fingerprint density at radius 2 is 2.20 bits per heavy atom. The zero-order valence-electron chi connectivity index (χ0n) is 16.0. The fraction of sp³-hybridized carbons (Fsp3) is 0.600. The van der Waals surface area contributed by atoms with Gasteiger partial charge < -0.3 is 15.5 Å². The fourth-order valence-electron chi connectivity index (χ4n) is 3.55. The molecule has 0 spiro atoms. The molecule has 1 amide bonds. The van der Waals surface area contributed by atoms with E-state index in [4.69, 9.17) is 0 Å². The van der Waals surface area contributed by atoms with Crippen LogP contribution in [0.15, 0.2) is 29.3 Å². The van der Waals surface area contributed by atoms with E-state index >= 15 is 0 Å². The van der Waals surface area contributed by atoms with Gasteiger partial charge in [0.25, 0.3) is 5.91 Å². The molecule has 0 bridgehead atoms. The number of hydrogen-bond acceptors (Lipinski definition) is 2. The SMILES string of the molecule is CN=C(NCCc1cccc(C(=O)NC)c1)N1CCC(CC(C)C)C1. The van der Waals surface area contributed by atoms with Crippen LogP contribution in [0.2, 0.25) is 0 Å². The van der Waals surface area contributed by atoms with Crippen molar-refractivity contribution in [1.29, 1.82) is 0 Å². The van der Waals surface area contributed by atoms with Crippen molar-refractivity contribution in [3.05, 3.63) is 35.4 Å². The maximum Gasteiger partial charge on any atom is 0.251 e. The molecule has 5 heteroatoms. The van der Waals surface area contributed by atoms with Crippen LogP contribution in [-0.4, -0.2) is 50.5 Å². The number of nitrogens with one attached hydrogen (secondary N) is 2. The van der Waals surface area contributed by atoms with Crippen LogP contribution in [0.25, 0.3) is 0 Å². The van der Waals surface area contributed by atoms with Crippen molar-refractivity contribution >= 4 is 11.9 Å². The quantitative estimate of drug-likeness (QED) is 0.616. The Bertz CT molecular complexity index is 597. The second kappa shape index (κ2) is 9.44. The molecule has 2 rings (SSSR count). The Labute approximate surface area is 151 Å². The van der Waals surface area contributed by atoms with Crippen LogP contribution < -0.4 is 10.6 Å². The second-order valence-electron chi connectivity index (χ2n) is 7.23. The Kier molecular flexibility index (Phi) is 7.29. The van der Waals surface area contributed by atoms with Gasteiger partial charge in [-0.15, -0.1) is 0 Å². The summed E-state index contributed by atoms with van der Waals surface area (Å²) in [7, 11) is 3.51. The first kappa shape index (κ1) is 19.3. The third-order valence-corrected chi connectivity index (χ3v) is 4.71. The highest BCUT2D eigenvalue weighted by molar-refractivity contribution is 5.94. The molecule has 1 aromatic carbocycles. The number of aliphatic imine (C=N–C) groups is 1. The van der Waals surface area contributed by atoms with Gasteiger partial charge in [-0.1, -0.05) is 26.0 Å². The molecule has 1 aliphatic heterocycles. The molecule has 1 unspecified atom stereocenters. The minimum atomic E-state index is -0.0427. The molecule has 138 valence electrons. The van der Waals surface area contributed by atoms with Crippen LogP contribution in [0.3, 0.4) is 0 Å². The van der Waals surface area contributed by atoms with Gasteiger partial charge in [0.1, 0.15) is 0 Å². The highest BCUT2D eigenvalue weighted by Gasteiger charge is 2.25. The molecule has 1 heterocycles. The molecule has 0 aliphatic carbocycles. The molecule has 1 fully saturated rings. The first-order valence-electron chi connectivity index (χ1n) is 9.30. The average Bonchev–Trinajstić information content (AvgIpc) is 3.05. The van der Waals surface area contributed by atoms with Crippen molar-refractivity contribution in [2.75, 3.05) is 33.7 Å². The normalized spacial score (nSPS) is 17.9. The van der Waals surface area contributed by atoms with Gasteiger partial charge in [0.15, 0.2) is 5.96 Å². The van der Waals surface area contributed by atoms with Gasteiger partial charge in [-0.2, -0.15) is 0 Å². The number of hydrogen-bond donors (Lipinski definition) is 2. The number of benzene rings is 1. The summed E-state index contributed by atoms with van der Waals surface area (Å²) < 4.78 is 0. The summed E-state index contributed by atoms with van der Waals surface area (Å²) in [5.74, 6) is 2.49. The highest BCUT2D eigenvalue weighted by atomic mass is 16.1. The van der Waals surface area contributed by atoms with Gasteiger partial charge in [-0.3, -0.25) is 9.79 Å². The summed E-state index contributed by atoms with van der Waals surface area (Å²) in [6.45, 7) is 7.59. The lowest BCUT2D eigenvalue weighted by Gasteiger charge is -2.22. The minimum absolute atomic E-state index is 0.0427. The lowest BCUT2D eigenvalue weighted by Crippen LogP contribution is -2.40. The molecular weight excluding hydrogens is 312 g/mol. The smallest absolute Gasteiger partial charge is 0.251 e. The largest absolute Gasteiger partial charge is 0.356 e. The highest BCUT2D eigenvalue weighted by Crippen LogP contribution is 2.23. The van der Waals surface area contributed by atoms with E-state index in [1.165, 1.54) is 12.8 Å². The molecular formula is C20H32N4O. The van der Waals surface area contributed by atoms with E-state index in [0.717, 1.165) is 49.4 Å². The van der Waals surface area contributed by atoms with Crippen LogP contribution in [0.1, 0.15) is 42.6 Å². The molecule has 5 nitrogen and oxygen atoms in total. The first-order chi connectivity index (χ1) is 12.0. The minimum Gasteiger partial charge on any atom is -0.356 e. The zero-order chi connectivity index (χ0) is 18.2. The number of guanidine groups is 1. The van der Waals surface area contributed by atoms with Crippen molar-refractivity contribution in [1.82, 2.24) is 15.5 Å².